The minimum atomic E-state index is -0.892. The Morgan fingerprint density at radius 2 is 1.70 bits per heavy atom. The number of aryl methyl sites for hydroxylation is 2. The van der Waals surface area contributed by atoms with Crippen molar-refractivity contribution in [3.05, 3.63) is 70.8 Å². The number of primary amides is 1. The summed E-state index contributed by atoms with van der Waals surface area (Å²) in [5.74, 6) is -2.32. The number of carboxylic acids is 1. The van der Waals surface area contributed by atoms with E-state index >= 15 is 0 Å². The minimum absolute atomic E-state index is 0.0168. The highest BCUT2D eigenvalue weighted by molar-refractivity contribution is 5.74. The SMILES string of the molecule is CCc1cccc(C2(NCCCCc3cc(F)cc(F)c3)CC2)c1.NC(=O)CCCC(=O)O. The van der Waals surface area contributed by atoms with Crippen molar-refractivity contribution >= 4 is 11.9 Å². The summed E-state index contributed by atoms with van der Waals surface area (Å²) in [6.45, 7) is 3.12. The Bertz CT molecular complexity index is 895. The normalized spacial score (nSPS) is 13.7. The zero-order chi connectivity index (χ0) is 24.3. The maximum atomic E-state index is 13.2. The summed E-state index contributed by atoms with van der Waals surface area (Å²) in [4.78, 5) is 19.8. The quantitative estimate of drug-likeness (QED) is 0.395. The van der Waals surface area contributed by atoms with Crippen molar-refractivity contribution in [1.82, 2.24) is 5.32 Å². The number of benzene rings is 2. The van der Waals surface area contributed by atoms with Gasteiger partial charge < -0.3 is 16.2 Å². The molecule has 1 fully saturated rings. The molecule has 0 radical (unpaired) electrons. The van der Waals surface area contributed by atoms with Crippen LogP contribution in [0.25, 0.3) is 0 Å². The van der Waals surface area contributed by atoms with Gasteiger partial charge in [0, 0.05) is 24.4 Å². The first-order chi connectivity index (χ1) is 15.7. The molecule has 0 bridgehead atoms. The Hall–Kier alpha value is -2.80. The topological polar surface area (TPSA) is 92.4 Å². The first kappa shape index (κ1) is 26.5. The van der Waals surface area contributed by atoms with Gasteiger partial charge in [-0.1, -0.05) is 31.2 Å². The monoisotopic (exact) mass is 460 g/mol. The highest BCUT2D eigenvalue weighted by Crippen LogP contribution is 2.45. The maximum Gasteiger partial charge on any atom is 0.303 e. The Morgan fingerprint density at radius 3 is 2.27 bits per heavy atom. The van der Waals surface area contributed by atoms with Crippen LogP contribution in [0.3, 0.4) is 0 Å². The molecule has 7 heteroatoms. The lowest BCUT2D eigenvalue weighted by Crippen LogP contribution is -2.29. The number of aliphatic carboxylic acids is 1. The largest absolute Gasteiger partial charge is 0.481 e. The molecular weight excluding hydrogens is 426 g/mol. The van der Waals surface area contributed by atoms with Gasteiger partial charge in [0.05, 0.1) is 0 Å². The van der Waals surface area contributed by atoms with Crippen molar-refractivity contribution in [2.75, 3.05) is 6.54 Å². The number of amides is 1. The molecule has 0 spiro atoms. The van der Waals surface area contributed by atoms with Crippen LogP contribution in [0.1, 0.15) is 68.6 Å². The molecular formula is C26H34F2N2O3. The number of carbonyl (C=O) groups excluding carboxylic acids is 1. The summed E-state index contributed by atoms with van der Waals surface area (Å²) in [6, 6.07) is 12.6. The summed E-state index contributed by atoms with van der Waals surface area (Å²) in [5.41, 5.74) is 8.43. The van der Waals surface area contributed by atoms with E-state index in [9.17, 15) is 18.4 Å². The fourth-order valence-corrected chi connectivity index (χ4v) is 3.73. The molecule has 33 heavy (non-hydrogen) atoms. The smallest absolute Gasteiger partial charge is 0.303 e. The number of hydrogen-bond donors (Lipinski definition) is 3. The average molecular weight is 461 g/mol. The standard InChI is InChI=1S/C21H25F2N.C5H9NO3/c1-2-16-7-5-8-18(12-16)21(9-10-21)24-11-4-3-6-17-13-19(22)15-20(23)14-17;6-4(7)2-1-3-5(8)9/h5,7-8,12-15,24H,2-4,6,9-11H2,1H3;1-3H2,(H2,6,7)(H,8,9). The molecule has 1 aliphatic carbocycles. The van der Waals surface area contributed by atoms with Crippen LogP contribution in [0.4, 0.5) is 8.78 Å². The molecule has 1 amide bonds. The van der Waals surface area contributed by atoms with E-state index in [0.29, 0.717) is 12.8 Å². The van der Waals surface area contributed by atoms with E-state index in [4.69, 9.17) is 10.8 Å². The van der Waals surface area contributed by atoms with Gasteiger partial charge in [0.1, 0.15) is 11.6 Å². The second-order valence-electron chi connectivity index (χ2n) is 8.51. The lowest BCUT2D eigenvalue weighted by Gasteiger charge is -2.19. The zero-order valence-electron chi connectivity index (χ0n) is 19.2. The van der Waals surface area contributed by atoms with Crippen LogP contribution in [-0.2, 0) is 28.0 Å². The number of carboxylic acid groups (broad SMARTS) is 1. The molecule has 3 rings (SSSR count). The van der Waals surface area contributed by atoms with Crippen LogP contribution in [-0.4, -0.2) is 23.5 Å². The third-order valence-electron chi connectivity index (χ3n) is 5.73. The number of rotatable bonds is 12. The third-order valence-corrected chi connectivity index (χ3v) is 5.73. The molecule has 4 N–H and O–H groups in total. The predicted molar refractivity (Wildman–Crippen MR) is 125 cm³/mol. The molecule has 2 aromatic carbocycles. The van der Waals surface area contributed by atoms with Crippen molar-refractivity contribution in [1.29, 1.82) is 0 Å². The van der Waals surface area contributed by atoms with E-state index in [-0.39, 0.29) is 18.4 Å². The molecule has 2 aromatic rings. The van der Waals surface area contributed by atoms with Gasteiger partial charge in [-0.05, 0) is 80.3 Å². The third kappa shape index (κ3) is 9.70. The lowest BCUT2D eigenvalue weighted by molar-refractivity contribution is -0.137. The molecule has 1 saturated carbocycles. The second-order valence-corrected chi connectivity index (χ2v) is 8.51. The van der Waals surface area contributed by atoms with Crippen LogP contribution in [0, 0.1) is 11.6 Å². The molecule has 0 atom stereocenters. The summed E-state index contributed by atoms with van der Waals surface area (Å²) in [6.07, 6.45) is 6.61. The highest BCUT2D eigenvalue weighted by atomic mass is 19.1. The predicted octanol–water partition coefficient (Wildman–Crippen LogP) is 4.86. The number of carbonyl (C=O) groups is 2. The number of nitrogens with one attached hydrogen (secondary N) is 1. The molecule has 0 heterocycles. The van der Waals surface area contributed by atoms with Gasteiger partial charge in [0.15, 0.2) is 0 Å². The van der Waals surface area contributed by atoms with E-state index in [1.54, 1.807) is 0 Å². The van der Waals surface area contributed by atoms with Gasteiger partial charge >= 0.3 is 5.97 Å². The molecule has 0 saturated heterocycles. The first-order valence-corrected chi connectivity index (χ1v) is 11.5. The van der Waals surface area contributed by atoms with Crippen molar-refractivity contribution in [2.45, 2.75) is 70.3 Å². The van der Waals surface area contributed by atoms with E-state index in [2.05, 4.69) is 36.5 Å². The first-order valence-electron chi connectivity index (χ1n) is 11.5. The van der Waals surface area contributed by atoms with Crippen LogP contribution < -0.4 is 11.1 Å². The fraction of sp³-hybridized carbons (Fsp3) is 0.462. The lowest BCUT2D eigenvalue weighted by atomic mass is 10.0. The van der Waals surface area contributed by atoms with Gasteiger partial charge in [-0.3, -0.25) is 9.59 Å². The maximum absolute atomic E-state index is 13.2. The van der Waals surface area contributed by atoms with Gasteiger partial charge in [-0.2, -0.15) is 0 Å². The zero-order valence-corrected chi connectivity index (χ0v) is 19.2. The number of nitrogens with two attached hydrogens (primary N) is 1. The molecule has 0 unspecified atom stereocenters. The molecule has 5 nitrogen and oxygen atoms in total. The minimum Gasteiger partial charge on any atom is -0.481 e. The van der Waals surface area contributed by atoms with Crippen LogP contribution >= 0.6 is 0 Å². The Labute approximate surface area is 194 Å². The van der Waals surface area contributed by atoms with Gasteiger partial charge in [-0.25, -0.2) is 8.78 Å². The average Bonchev–Trinajstić information content (AvgIpc) is 3.54. The van der Waals surface area contributed by atoms with E-state index < -0.39 is 23.5 Å². The highest BCUT2D eigenvalue weighted by Gasteiger charge is 2.43. The van der Waals surface area contributed by atoms with Gasteiger partial charge in [-0.15, -0.1) is 0 Å². The Morgan fingerprint density at radius 1 is 1.00 bits per heavy atom. The van der Waals surface area contributed by atoms with Crippen LogP contribution in [0.15, 0.2) is 42.5 Å². The van der Waals surface area contributed by atoms with Crippen molar-refractivity contribution in [3.63, 3.8) is 0 Å². The number of hydrogen-bond acceptors (Lipinski definition) is 3. The van der Waals surface area contributed by atoms with Crippen molar-refractivity contribution in [2.24, 2.45) is 5.73 Å². The van der Waals surface area contributed by atoms with E-state index in [1.165, 1.54) is 36.1 Å². The Kier molecular flexibility index (Phi) is 10.5. The summed E-state index contributed by atoms with van der Waals surface area (Å²) >= 11 is 0. The van der Waals surface area contributed by atoms with Crippen LogP contribution in [0.5, 0.6) is 0 Å². The van der Waals surface area contributed by atoms with Crippen LogP contribution in [0.2, 0.25) is 0 Å². The van der Waals surface area contributed by atoms with E-state index in [1.807, 2.05) is 0 Å². The van der Waals surface area contributed by atoms with Gasteiger partial charge in [0.25, 0.3) is 0 Å². The van der Waals surface area contributed by atoms with E-state index in [0.717, 1.165) is 37.4 Å². The number of unbranched alkanes of at least 4 members (excludes halogenated alkanes) is 1. The fourth-order valence-electron chi connectivity index (χ4n) is 3.73. The molecule has 0 aliphatic heterocycles. The summed E-state index contributed by atoms with van der Waals surface area (Å²) < 4.78 is 26.3. The molecule has 0 aromatic heterocycles. The second kappa shape index (κ2) is 13.0. The molecule has 180 valence electrons. The summed E-state index contributed by atoms with van der Waals surface area (Å²) in [5, 5.41) is 11.8. The van der Waals surface area contributed by atoms with Gasteiger partial charge in [0.2, 0.25) is 5.91 Å². The van der Waals surface area contributed by atoms with Crippen molar-refractivity contribution < 1.29 is 23.5 Å². The summed E-state index contributed by atoms with van der Waals surface area (Å²) in [7, 11) is 0. The Balaban J connectivity index is 0.000000365. The van der Waals surface area contributed by atoms with Crippen molar-refractivity contribution in [3.8, 4) is 0 Å². The number of halogens is 2. The molecule has 1 aliphatic rings.